The fraction of sp³-hybridized carbons (Fsp3) is 0.286. The fourth-order valence-corrected chi connectivity index (χ4v) is 2.01. The van der Waals surface area contributed by atoms with Gasteiger partial charge < -0.3 is 5.32 Å². The van der Waals surface area contributed by atoms with E-state index in [1.807, 2.05) is 43.5 Å². The number of aromatic nitrogens is 2. The van der Waals surface area contributed by atoms with Crippen molar-refractivity contribution in [3.05, 3.63) is 53.3 Å². The molecule has 2 rings (SSSR count). The molecular formula is C14H16ClN3O. The molecule has 1 unspecified atom stereocenters. The lowest BCUT2D eigenvalue weighted by Crippen LogP contribution is -2.25. The summed E-state index contributed by atoms with van der Waals surface area (Å²) in [6, 6.07) is 9.38. The molecule has 0 aliphatic carbocycles. The first-order valence-corrected chi connectivity index (χ1v) is 6.54. The lowest BCUT2D eigenvalue weighted by atomic mass is 10.2. The average molecular weight is 278 g/mol. The third-order valence-electron chi connectivity index (χ3n) is 2.89. The fourth-order valence-electron chi connectivity index (χ4n) is 1.81. The van der Waals surface area contributed by atoms with Crippen LogP contribution in [0.3, 0.4) is 0 Å². The smallest absolute Gasteiger partial charge is 0.222 e. The minimum Gasteiger partial charge on any atom is -0.352 e. The molecule has 1 aromatic heterocycles. The quantitative estimate of drug-likeness (QED) is 0.913. The van der Waals surface area contributed by atoms with Crippen LogP contribution < -0.4 is 5.32 Å². The molecule has 2 aromatic rings. The Labute approximate surface area is 117 Å². The van der Waals surface area contributed by atoms with E-state index in [2.05, 4.69) is 10.4 Å². The van der Waals surface area contributed by atoms with Gasteiger partial charge in [0, 0.05) is 30.4 Å². The van der Waals surface area contributed by atoms with Crippen LogP contribution in [-0.2, 0) is 11.3 Å². The van der Waals surface area contributed by atoms with Gasteiger partial charge in [-0.1, -0.05) is 29.8 Å². The third-order valence-corrected chi connectivity index (χ3v) is 3.26. The number of amides is 1. The van der Waals surface area contributed by atoms with E-state index >= 15 is 0 Å². The molecule has 0 saturated carbocycles. The van der Waals surface area contributed by atoms with Crippen LogP contribution in [0.15, 0.2) is 42.7 Å². The molecule has 0 fully saturated rings. The summed E-state index contributed by atoms with van der Waals surface area (Å²) >= 11 is 6.03. The Bertz CT molecular complexity index is 539. The summed E-state index contributed by atoms with van der Waals surface area (Å²) in [7, 11) is 0. The van der Waals surface area contributed by atoms with Gasteiger partial charge in [-0.25, -0.2) is 0 Å². The Hall–Kier alpha value is -1.81. The summed E-state index contributed by atoms with van der Waals surface area (Å²) in [5, 5.41) is 7.65. The maximum atomic E-state index is 11.8. The van der Waals surface area contributed by atoms with Gasteiger partial charge in [-0.2, -0.15) is 5.10 Å². The number of nitrogens with one attached hydrogen (secondary N) is 1. The molecule has 1 N–H and O–H groups in total. The number of carbonyl (C=O) groups excluding carboxylic acids is 1. The molecule has 0 spiro atoms. The molecule has 0 aliphatic rings. The highest BCUT2D eigenvalue weighted by molar-refractivity contribution is 6.31. The molecule has 1 amide bonds. The summed E-state index contributed by atoms with van der Waals surface area (Å²) in [4.78, 5) is 11.8. The van der Waals surface area contributed by atoms with Gasteiger partial charge >= 0.3 is 0 Å². The number of hydrogen-bond donors (Lipinski definition) is 1. The van der Waals surface area contributed by atoms with Crippen LogP contribution in [0.4, 0.5) is 0 Å². The Balaban J connectivity index is 1.84. The van der Waals surface area contributed by atoms with Gasteiger partial charge in [0.15, 0.2) is 0 Å². The minimum atomic E-state index is -0.0112. The Morgan fingerprint density at radius 2 is 2.21 bits per heavy atom. The van der Waals surface area contributed by atoms with Crippen LogP contribution in [-0.4, -0.2) is 15.7 Å². The van der Waals surface area contributed by atoms with Crippen molar-refractivity contribution in [1.29, 1.82) is 0 Å². The maximum Gasteiger partial charge on any atom is 0.222 e. The number of carbonyl (C=O) groups is 1. The van der Waals surface area contributed by atoms with E-state index in [1.54, 1.807) is 10.9 Å². The van der Waals surface area contributed by atoms with Crippen LogP contribution in [0, 0.1) is 0 Å². The van der Waals surface area contributed by atoms with Crippen LogP contribution in [0.5, 0.6) is 0 Å². The standard InChI is InChI=1S/C14H16ClN3O/c1-11(18-8-4-7-17-18)9-14(19)16-10-12-5-2-3-6-13(12)15/h2-8,11H,9-10H2,1H3,(H,16,19). The highest BCUT2D eigenvalue weighted by Gasteiger charge is 2.11. The number of rotatable bonds is 5. The zero-order valence-electron chi connectivity index (χ0n) is 10.7. The van der Waals surface area contributed by atoms with Gasteiger partial charge in [0.2, 0.25) is 5.91 Å². The van der Waals surface area contributed by atoms with Crippen LogP contribution >= 0.6 is 11.6 Å². The molecule has 0 saturated heterocycles. The van der Waals surface area contributed by atoms with E-state index < -0.39 is 0 Å². The summed E-state index contributed by atoms with van der Waals surface area (Å²) in [6.45, 7) is 2.41. The molecular weight excluding hydrogens is 262 g/mol. The highest BCUT2D eigenvalue weighted by Crippen LogP contribution is 2.14. The Morgan fingerprint density at radius 1 is 1.42 bits per heavy atom. The Morgan fingerprint density at radius 3 is 2.89 bits per heavy atom. The van der Waals surface area contributed by atoms with Crippen molar-refractivity contribution in [2.45, 2.75) is 25.9 Å². The van der Waals surface area contributed by atoms with E-state index in [1.165, 1.54) is 0 Å². The first-order valence-electron chi connectivity index (χ1n) is 6.16. The van der Waals surface area contributed by atoms with Crippen molar-refractivity contribution in [2.24, 2.45) is 0 Å². The highest BCUT2D eigenvalue weighted by atomic mass is 35.5. The second kappa shape index (κ2) is 6.38. The van der Waals surface area contributed by atoms with Crippen molar-refractivity contribution in [3.8, 4) is 0 Å². The van der Waals surface area contributed by atoms with Gasteiger partial charge in [0.25, 0.3) is 0 Å². The molecule has 0 radical (unpaired) electrons. The SMILES string of the molecule is CC(CC(=O)NCc1ccccc1Cl)n1cccn1. The summed E-state index contributed by atoms with van der Waals surface area (Å²) in [5.41, 5.74) is 0.921. The molecule has 1 aromatic carbocycles. The summed E-state index contributed by atoms with van der Waals surface area (Å²) < 4.78 is 1.77. The maximum absolute atomic E-state index is 11.8. The summed E-state index contributed by atoms with van der Waals surface area (Å²) in [6.07, 6.45) is 3.95. The number of hydrogen-bond acceptors (Lipinski definition) is 2. The predicted molar refractivity (Wildman–Crippen MR) is 74.9 cm³/mol. The molecule has 19 heavy (non-hydrogen) atoms. The van der Waals surface area contributed by atoms with Gasteiger partial charge in [-0.3, -0.25) is 9.48 Å². The van der Waals surface area contributed by atoms with Crippen LogP contribution in [0.2, 0.25) is 5.02 Å². The number of benzene rings is 1. The van der Waals surface area contributed by atoms with E-state index in [-0.39, 0.29) is 11.9 Å². The van der Waals surface area contributed by atoms with Gasteiger partial charge in [-0.15, -0.1) is 0 Å². The molecule has 1 heterocycles. The van der Waals surface area contributed by atoms with Crippen molar-refractivity contribution in [3.63, 3.8) is 0 Å². The largest absolute Gasteiger partial charge is 0.352 e. The van der Waals surface area contributed by atoms with Gasteiger partial charge in [0.1, 0.15) is 0 Å². The lowest BCUT2D eigenvalue weighted by molar-refractivity contribution is -0.122. The van der Waals surface area contributed by atoms with Crippen molar-refractivity contribution in [1.82, 2.24) is 15.1 Å². The second-order valence-electron chi connectivity index (χ2n) is 4.41. The summed E-state index contributed by atoms with van der Waals surface area (Å²) in [5.74, 6) is -0.0112. The van der Waals surface area contributed by atoms with E-state index in [9.17, 15) is 4.79 Å². The first kappa shape index (κ1) is 13.6. The van der Waals surface area contributed by atoms with Crippen LogP contribution in [0.25, 0.3) is 0 Å². The van der Waals surface area contributed by atoms with Crippen molar-refractivity contribution in [2.75, 3.05) is 0 Å². The number of nitrogens with zero attached hydrogens (tertiary/aromatic N) is 2. The molecule has 0 aliphatic heterocycles. The van der Waals surface area contributed by atoms with E-state index in [4.69, 9.17) is 11.6 Å². The third kappa shape index (κ3) is 3.83. The van der Waals surface area contributed by atoms with Gasteiger partial charge in [-0.05, 0) is 24.6 Å². The monoisotopic (exact) mass is 277 g/mol. The van der Waals surface area contributed by atoms with Crippen molar-refractivity contribution < 1.29 is 4.79 Å². The average Bonchev–Trinajstić information content (AvgIpc) is 2.91. The lowest BCUT2D eigenvalue weighted by Gasteiger charge is -2.12. The van der Waals surface area contributed by atoms with E-state index in [0.29, 0.717) is 18.0 Å². The molecule has 4 nitrogen and oxygen atoms in total. The zero-order chi connectivity index (χ0) is 13.7. The molecule has 1 atom stereocenters. The molecule has 0 bridgehead atoms. The van der Waals surface area contributed by atoms with Crippen LogP contribution in [0.1, 0.15) is 24.9 Å². The first-order chi connectivity index (χ1) is 9.16. The molecule has 5 heteroatoms. The van der Waals surface area contributed by atoms with Crippen molar-refractivity contribution >= 4 is 17.5 Å². The number of halogens is 1. The second-order valence-corrected chi connectivity index (χ2v) is 4.81. The predicted octanol–water partition coefficient (Wildman–Crippen LogP) is 2.80. The van der Waals surface area contributed by atoms with E-state index in [0.717, 1.165) is 5.56 Å². The topological polar surface area (TPSA) is 46.9 Å². The Kier molecular flexibility index (Phi) is 4.58. The normalized spacial score (nSPS) is 12.1. The van der Waals surface area contributed by atoms with Gasteiger partial charge in [0.05, 0.1) is 6.04 Å². The molecule has 100 valence electrons. The minimum absolute atomic E-state index is 0.0112. The zero-order valence-corrected chi connectivity index (χ0v) is 11.5.